The molecule has 6 heteroatoms. The number of carbonyl (C=O) groups excluding carboxylic acids is 1. The maximum absolute atomic E-state index is 11.8. The molecule has 1 aromatic rings. The number of pyridine rings is 1. The minimum atomic E-state index is -1.16. The van der Waals surface area contributed by atoms with Crippen LogP contribution in [0.2, 0.25) is 0 Å². The lowest BCUT2D eigenvalue weighted by Crippen LogP contribution is -2.26. The van der Waals surface area contributed by atoms with Crippen LogP contribution in [0.1, 0.15) is 36.2 Å². The summed E-state index contributed by atoms with van der Waals surface area (Å²) >= 11 is 0. The number of carbonyl (C=O) groups is 2. The first kappa shape index (κ1) is 13.5. The Hall–Kier alpha value is -1.95. The molecule has 1 saturated heterocycles. The molecule has 102 valence electrons. The number of hydrogen-bond acceptors (Lipinski definition) is 4. The van der Waals surface area contributed by atoms with Crippen LogP contribution in [0.3, 0.4) is 0 Å². The first-order valence-corrected chi connectivity index (χ1v) is 6.26. The molecule has 0 radical (unpaired) electrons. The molecule has 19 heavy (non-hydrogen) atoms. The van der Waals surface area contributed by atoms with E-state index in [4.69, 9.17) is 9.84 Å². The zero-order valence-corrected chi connectivity index (χ0v) is 10.5. The summed E-state index contributed by atoms with van der Waals surface area (Å²) in [6.07, 6.45) is 4.51. The quantitative estimate of drug-likeness (QED) is 0.863. The molecule has 0 spiro atoms. The summed E-state index contributed by atoms with van der Waals surface area (Å²) in [6.45, 7) is 0.686. The van der Waals surface area contributed by atoms with Gasteiger partial charge in [-0.25, -0.2) is 9.78 Å². The predicted molar refractivity (Wildman–Crippen MR) is 68.0 cm³/mol. The molecular weight excluding hydrogens is 248 g/mol. The van der Waals surface area contributed by atoms with Crippen molar-refractivity contribution in [2.24, 2.45) is 0 Å². The van der Waals surface area contributed by atoms with Gasteiger partial charge in [0.25, 0.3) is 0 Å². The zero-order chi connectivity index (χ0) is 13.7. The lowest BCUT2D eigenvalue weighted by molar-refractivity contribution is -0.119. The highest BCUT2D eigenvalue weighted by Crippen LogP contribution is 2.17. The van der Waals surface area contributed by atoms with Crippen molar-refractivity contribution < 1.29 is 19.4 Å². The fourth-order valence-corrected chi connectivity index (χ4v) is 2.05. The number of carboxylic acid groups (broad SMARTS) is 1. The maximum Gasteiger partial charge on any atom is 0.356 e. The minimum Gasteiger partial charge on any atom is -0.476 e. The van der Waals surface area contributed by atoms with Crippen LogP contribution in [0, 0.1) is 0 Å². The molecule has 6 nitrogen and oxygen atoms in total. The third-order valence-corrected chi connectivity index (χ3v) is 2.97. The molecule has 1 amide bonds. The van der Waals surface area contributed by atoms with Gasteiger partial charge < -0.3 is 15.2 Å². The van der Waals surface area contributed by atoms with Crippen molar-refractivity contribution in [2.45, 2.75) is 31.8 Å². The fraction of sp³-hybridized carbons (Fsp3) is 0.462. The highest BCUT2D eigenvalue weighted by atomic mass is 16.5. The van der Waals surface area contributed by atoms with Gasteiger partial charge in [-0.1, -0.05) is 0 Å². The largest absolute Gasteiger partial charge is 0.476 e. The molecule has 1 fully saturated rings. The van der Waals surface area contributed by atoms with Crippen LogP contribution >= 0.6 is 0 Å². The highest BCUT2D eigenvalue weighted by Gasteiger charge is 2.19. The second kappa shape index (κ2) is 6.29. The van der Waals surface area contributed by atoms with Gasteiger partial charge in [0.15, 0.2) is 5.69 Å². The predicted octanol–water partition coefficient (Wildman–Crippen LogP) is 1.68. The molecule has 0 aromatic carbocycles. The number of anilines is 1. The van der Waals surface area contributed by atoms with E-state index in [2.05, 4.69) is 10.3 Å². The molecule has 1 aliphatic rings. The topological polar surface area (TPSA) is 88.5 Å². The van der Waals surface area contributed by atoms with E-state index in [9.17, 15) is 9.59 Å². The molecule has 2 rings (SSSR count). The summed E-state index contributed by atoms with van der Waals surface area (Å²) in [7, 11) is 0. The van der Waals surface area contributed by atoms with Gasteiger partial charge in [-0.2, -0.15) is 0 Å². The van der Waals surface area contributed by atoms with Crippen LogP contribution < -0.4 is 5.32 Å². The summed E-state index contributed by atoms with van der Waals surface area (Å²) in [5, 5.41) is 11.5. The molecule has 1 unspecified atom stereocenters. The second-order valence-corrected chi connectivity index (χ2v) is 4.45. The third-order valence-electron chi connectivity index (χ3n) is 2.97. The van der Waals surface area contributed by atoms with Gasteiger partial charge in [-0.15, -0.1) is 0 Å². The van der Waals surface area contributed by atoms with Crippen molar-refractivity contribution in [1.82, 2.24) is 4.98 Å². The van der Waals surface area contributed by atoms with Crippen LogP contribution in [-0.4, -0.2) is 34.7 Å². The summed E-state index contributed by atoms with van der Waals surface area (Å²) in [5.41, 5.74) is 0.0659. The number of nitrogens with one attached hydrogen (secondary N) is 1. The van der Waals surface area contributed by atoms with Crippen molar-refractivity contribution in [3.8, 4) is 0 Å². The van der Waals surface area contributed by atoms with Gasteiger partial charge in [0.05, 0.1) is 18.2 Å². The van der Waals surface area contributed by atoms with E-state index in [0.29, 0.717) is 6.61 Å². The molecular formula is C13H16N2O4. The minimum absolute atomic E-state index is 0.0706. The summed E-state index contributed by atoms with van der Waals surface area (Å²) < 4.78 is 5.47. The molecule has 1 atom stereocenters. The Morgan fingerprint density at radius 1 is 1.47 bits per heavy atom. The fourth-order valence-electron chi connectivity index (χ4n) is 2.05. The number of hydrogen-bond donors (Lipinski definition) is 2. The summed E-state index contributed by atoms with van der Waals surface area (Å²) in [6, 6.07) is 3.11. The Morgan fingerprint density at radius 2 is 2.32 bits per heavy atom. The molecule has 1 aromatic heterocycles. The molecule has 2 heterocycles. The number of rotatable bonds is 4. The Labute approximate surface area is 110 Å². The van der Waals surface area contributed by atoms with Crippen LogP contribution in [0.25, 0.3) is 0 Å². The SMILES string of the molecule is O=C(CC1CCCCO1)Nc1cccnc1C(=O)O. The van der Waals surface area contributed by atoms with E-state index >= 15 is 0 Å². The van der Waals surface area contributed by atoms with Crippen LogP contribution in [0.4, 0.5) is 5.69 Å². The number of amides is 1. The van der Waals surface area contributed by atoms with Gasteiger partial charge in [0.2, 0.25) is 5.91 Å². The van der Waals surface area contributed by atoms with Crippen LogP contribution in [0.15, 0.2) is 18.3 Å². The third kappa shape index (κ3) is 3.75. The van der Waals surface area contributed by atoms with Gasteiger partial charge >= 0.3 is 5.97 Å². The van der Waals surface area contributed by atoms with E-state index in [0.717, 1.165) is 19.3 Å². The number of carboxylic acids is 1. The van der Waals surface area contributed by atoms with Crippen molar-refractivity contribution in [3.63, 3.8) is 0 Å². The van der Waals surface area contributed by atoms with Crippen LogP contribution in [-0.2, 0) is 9.53 Å². The summed E-state index contributed by atoms with van der Waals surface area (Å²) in [4.78, 5) is 26.5. The number of nitrogens with zero attached hydrogens (tertiary/aromatic N) is 1. The molecule has 0 aliphatic carbocycles. The molecule has 0 saturated carbocycles. The van der Waals surface area contributed by atoms with Crippen molar-refractivity contribution >= 4 is 17.6 Å². The maximum atomic E-state index is 11.8. The number of aromatic nitrogens is 1. The Kier molecular flexibility index (Phi) is 4.46. The Bertz CT molecular complexity index is 469. The van der Waals surface area contributed by atoms with E-state index in [1.807, 2.05) is 0 Å². The number of ether oxygens (including phenoxy) is 1. The van der Waals surface area contributed by atoms with E-state index in [1.165, 1.54) is 12.3 Å². The van der Waals surface area contributed by atoms with E-state index < -0.39 is 5.97 Å². The van der Waals surface area contributed by atoms with Crippen molar-refractivity contribution in [3.05, 3.63) is 24.0 Å². The van der Waals surface area contributed by atoms with Gasteiger partial charge in [-0.05, 0) is 31.4 Å². The Morgan fingerprint density at radius 3 is 3.00 bits per heavy atom. The monoisotopic (exact) mass is 264 g/mol. The zero-order valence-electron chi connectivity index (χ0n) is 10.5. The van der Waals surface area contributed by atoms with Crippen molar-refractivity contribution in [2.75, 3.05) is 11.9 Å². The lowest BCUT2D eigenvalue weighted by atomic mass is 10.1. The molecule has 1 aliphatic heterocycles. The standard InChI is InChI=1S/C13H16N2O4/c16-11(8-9-4-1-2-7-19-9)15-10-5-3-6-14-12(10)13(17)18/h3,5-6,9H,1-2,4,7-8H2,(H,15,16)(H,17,18). The van der Waals surface area contributed by atoms with E-state index in [1.54, 1.807) is 6.07 Å². The first-order valence-electron chi connectivity index (χ1n) is 6.26. The first-order chi connectivity index (χ1) is 9.16. The molecule has 2 N–H and O–H groups in total. The van der Waals surface area contributed by atoms with Crippen molar-refractivity contribution in [1.29, 1.82) is 0 Å². The van der Waals surface area contributed by atoms with Gasteiger partial charge in [0, 0.05) is 12.8 Å². The Balaban J connectivity index is 1.96. The second-order valence-electron chi connectivity index (χ2n) is 4.45. The number of aromatic carboxylic acids is 1. The lowest BCUT2D eigenvalue weighted by Gasteiger charge is -2.22. The molecule has 0 bridgehead atoms. The average molecular weight is 264 g/mol. The van der Waals surface area contributed by atoms with Gasteiger partial charge in [0.1, 0.15) is 0 Å². The summed E-state index contributed by atoms with van der Waals surface area (Å²) in [5.74, 6) is -1.41. The average Bonchev–Trinajstić information content (AvgIpc) is 2.40. The smallest absolute Gasteiger partial charge is 0.356 e. The highest BCUT2D eigenvalue weighted by molar-refractivity contribution is 5.99. The normalized spacial score (nSPS) is 18.8. The van der Waals surface area contributed by atoms with Gasteiger partial charge in [-0.3, -0.25) is 4.79 Å². The van der Waals surface area contributed by atoms with Crippen LogP contribution in [0.5, 0.6) is 0 Å². The van der Waals surface area contributed by atoms with E-state index in [-0.39, 0.29) is 29.8 Å².